The Kier molecular flexibility index (Phi) is 4.43. The Bertz CT molecular complexity index is 927. The average molecular weight is 392 g/mol. The molecule has 1 N–H and O–H groups in total. The summed E-state index contributed by atoms with van der Waals surface area (Å²) in [6.07, 6.45) is 5.12. The fraction of sp³-hybridized carbons (Fsp3) is 0.480. The maximum Gasteiger partial charge on any atom is 0.410 e. The molecule has 4 heteroatoms. The Morgan fingerprint density at radius 3 is 2.76 bits per heavy atom. The lowest BCUT2D eigenvalue weighted by Gasteiger charge is -2.63. The Labute approximate surface area is 172 Å². The third-order valence-electron chi connectivity index (χ3n) is 7.58. The summed E-state index contributed by atoms with van der Waals surface area (Å²) in [6, 6.07) is 16.2. The van der Waals surface area contributed by atoms with Gasteiger partial charge in [-0.1, -0.05) is 66.9 Å². The Hall–Kier alpha value is -2.33. The van der Waals surface area contributed by atoms with Gasteiger partial charge in [-0.3, -0.25) is 0 Å². The number of rotatable bonds is 2. The summed E-state index contributed by atoms with van der Waals surface area (Å²) in [4.78, 5) is 14.9. The molecule has 4 nitrogen and oxygen atoms in total. The molecule has 1 saturated heterocycles. The molecular weight excluding hydrogens is 362 g/mol. The van der Waals surface area contributed by atoms with Crippen molar-refractivity contribution in [2.24, 2.45) is 0 Å². The molecule has 2 aromatic rings. The number of aliphatic hydroxyl groups is 1. The van der Waals surface area contributed by atoms with Gasteiger partial charge in [0.1, 0.15) is 6.61 Å². The highest BCUT2D eigenvalue weighted by Gasteiger charge is 2.64. The molecule has 2 aliphatic carbocycles. The van der Waals surface area contributed by atoms with Crippen molar-refractivity contribution >= 4 is 6.09 Å². The van der Waals surface area contributed by atoms with Crippen molar-refractivity contribution in [2.75, 3.05) is 6.54 Å². The lowest BCUT2D eigenvalue weighted by molar-refractivity contribution is -0.159. The summed E-state index contributed by atoms with van der Waals surface area (Å²) in [5.74, 6) is 0. The van der Waals surface area contributed by atoms with Crippen LogP contribution in [0.5, 0.6) is 0 Å². The van der Waals surface area contributed by atoms with Crippen LogP contribution in [0.1, 0.15) is 54.4 Å². The molecule has 0 unspecified atom stereocenters. The molecule has 2 fully saturated rings. The molecule has 152 valence electrons. The van der Waals surface area contributed by atoms with Crippen LogP contribution in [0.15, 0.2) is 48.5 Å². The van der Waals surface area contributed by atoms with Gasteiger partial charge in [-0.2, -0.15) is 0 Å². The second kappa shape index (κ2) is 6.88. The van der Waals surface area contributed by atoms with E-state index in [1.165, 1.54) is 16.7 Å². The van der Waals surface area contributed by atoms with E-state index in [0.29, 0.717) is 13.0 Å². The molecule has 3 atom stereocenters. The van der Waals surface area contributed by atoms with Crippen LogP contribution < -0.4 is 0 Å². The van der Waals surface area contributed by atoms with Gasteiger partial charge in [0.05, 0.1) is 11.6 Å². The fourth-order valence-corrected chi connectivity index (χ4v) is 6.15. The number of carbonyl (C=O) groups is 1. The Balaban J connectivity index is 1.47. The van der Waals surface area contributed by atoms with E-state index in [1.807, 2.05) is 35.2 Å². The molecule has 2 bridgehead atoms. The smallest absolute Gasteiger partial charge is 0.410 e. The van der Waals surface area contributed by atoms with Gasteiger partial charge in [0.15, 0.2) is 0 Å². The van der Waals surface area contributed by atoms with Crippen molar-refractivity contribution in [2.45, 2.75) is 69.1 Å². The Morgan fingerprint density at radius 1 is 1.14 bits per heavy atom. The number of piperidine rings is 1. The van der Waals surface area contributed by atoms with Crippen LogP contribution in [0.2, 0.25) is 0 Å². The zero-order chi connectivity index (χ0) is 20.1. The first-order valence-electron chi connectivity index (χ1n) is 10.8. The van der Waals surface area contributed by atoms with Crippen LogP contribution in [-0.4, -0.2) is 34.3 Å². The van der Waals surface area contributed by atoms with E-state index < -0.39 is 5.60 Å². The van der Waals surface area contributed by atoms with E-state index in [1.54, 1.807) is 0 Å². The third kappa shape index (κ3) is 2.80. The molecular formula is C25H29NO3. The Morgan fingerprint density at radius 2 is 1.93 bits per heavy atom. The molecule has 3 aliphatic rings. The molecule has 1 saturated carbocycles. The highest BCUT2D eigenvalue weighted by Crippen LogP contribution is 2.58. The summed E-state index contributed by atoms with van der Waals surface area (Å²) in [5.41, 5.74) is 3.74. The predicted molar refractivity (Wildman–Crippen MR) is 112 cm³/mol. The normalized spacial score (nSPS) is 30.3. The quantitative estimate of drug-likeness (QED) is 0.820. The maximum absolute atomic E-state index is 13.0. The van der Waals surface area contributed by atoms with E-state index in [2.05, 4.69) is 25.1 Å². The third-order valence-corrected chi connectivity index (χ3v) is 7.58. The first-order valence-corrected chi connectivity index (χ1v) is 10.8. The van der Waals surface area contributed by atoms with Gasteiger partial charge in [0.2, 0.25) is 0 Å². The zero-order valence-electron chi connectivity index (χ0n) is 17.1. The molecule has 1 amide bonds. The van der Waals surface area contributed by atoms with Gasteiger partial charge in [-0.15, -0.1) is 0 Å². The van der Waals surface area contributed by atoms with Crippen LogP contribution in [0.4, 0.5) is 4.79 Å². The molecule has 2 aromatic carbocycles. The van der Waals surface area contributed by atoms with Crippen molar-refractivity contribution in [3.05, 3.63) is 70.8 Å². The van der Waals surface area contributed by atoms with E-state index in [4.69, 9.17) is 4.74 Å². The summed E-state index contributed by atoms with van der Waals surface area (Å²) in [5, 5.41) is 12.1. The number of amides is 1. The summed E-state index contributed by atoms with van der Waals surface area (Å²) >= 11 is 0. The van der Waals surface area contributed by atoms with E-state index in [-0.39, 0.29) is 24.2 Å². The van der Waals surface area contributed by atoms with E-state index >= 15 is 0 Å². The lowest BCUT2D eigenvalue weighted by atomic mass is 9.49. The number of benzene rings is 2. The summed E-state index contributed by atoms with van der Waals surface area (Å²) in [6.45, 7) is 3.04. The second-order valence-corrected chi connectivity index (χ2v) is 9.08. The van der Waals surface area contributed by atoms with Gasteiger partial charge in [0.25, 0.3) is 0 Å². The fourth-order valence-electron chi connectivity index (χ4n) is 6.15. The van der Waals surface area contributed by atoms with Crippen molar-refractivity contribution in [1.82, 2.24) is 4.90 Å². The second-order valence-electron chi connectivity index (χ2n) is 9.08. The minimum Gasteiger partial charge on any atom is -0.445 e. The maximum atomic E-state index is 13.0. The number of carbonyl (C=O) groups excluding carboxylic acids is 1. The zero-order valence-corrected chi connectivity index (χ0v) is 17.1. The minimum absolute atomic E-state index is 0.213. The highest BCUT2D eigenvalue weighted by atomic mass is 16.6. The summed E-state index contributed by atoms with van der Waals surface area (Å²) in [7, 11) is 0. The SMILES string of the molecule is Cc1ccc2c(c1)[C@@]13CCCC[C@@]1(O)[C@@H](C2)N(C(=O)OCc1ccccc1)CC3. The van der Waals surface area contributed by atoms with Crippen molar-refractivity contribution in [1.29, 1.82) is 0 Å². The van der Waals surface area contributed by atoms with Crippen molar-refractivity contribution in [3.8, 4) is 0 Å². The van der Waals surface area contributed by atoms with Gasteiger partial charge in [-0.05, 0) is 49.3 Å². The van der Waals surface area contributed by atoms with Gasteiger partial charge < -0.3 is 14.7 Å². The van der Waals surface area contributed by atoms with Crippen LogP contribution in [0.3, 0.4) is 0 Å². The molecule has 0 spiro atoms. The lowest BCUT2D eigenvalue weighted by Crippen LogP contribution is -2.73. The van der Waals surface area contributed by atoms with Gasteiger partial charge >= 0.3 is 6.09 Å². The first kappa shape index (κ1) is 18.7. The number of ether oxygens (including phenoxy) is 1. The molecule has 1 heterocycles. The van der Waals surface area contributed by atoms with E-state index in [9.17, 15) is 9.90 Å². The van der Waals surface area contributed by atoms with Crippen molar-refractivity contribution in [3.63, 3.8) is 0 Å². The minimum atomic E-state index is -0.865. The average Bonchev–Trinajstić information content (AvgIpc) is 2.73. The number of nitrogens with zero attached hydrogens (tertiary/aromatic N) is 1. The number of aryl methyl sites for hydroxylation is 1. The van der Waals surface area contributed by atoms with Crippen molar-refractivity contribution < 1.29 is 14.6 Å². The molecule has 29 heavy (non-hydrogen) atoms. The highest BCUT2D eigenvalue weighted by molar-refractivity contribution is 5.69. The van der Waals surface area contributed by atoms with Crippen LogP contribution in [0, 0.1) is 6.92 Å². The molecule has 0 radical (unpaired) electrons. The monoisotopic (exact) mass is 391 g/mol. The van der Waals surface area contributed by atoms with Gasteiger partial charge in [0, 0.05) is 12.0 Å². The number of likely N-dealkylation sites (tertiary alicyclic amines) is 1. The standard InChI is InChI=1S/C25H29NO3/c1-18-9-10-20-16-22-25(28)12-6-5-11-24(25,21(20)15-18)13-14-26(22)23(27)29-17-19-7-3-2-4-8-19/h2-4,7-10,15,22,28H,5-6,11-14,16-17H2,1H3/t22-,24+,25-/m1/s1. The number of hydrogen-bond donors (Lipinski definition) is 1. The van der Waals surface area contributed by atoms with Crippen LogP contribution in [-0.2, 0) is 23.2 Å². The first-order chi connectivity index (χ1) is 14.0. The van der Waals surface area contributed by atoms with Crippen LogP contribution >= 0.6 is 0 Å². The predicted octanol–water partition coefficient (Wildman–Crippen LogP) is 4.51. The molecule has 1 aliphatic heterocycles. The number of hydrogen-bond acceptors (Lipinski definition) is 3. The largest absolute Gasteiger partial charge is 0.445 e. The van der Waals surface area contributed by atoms with E-state index in [0.717, 1.165) is 37.7 Å². The topological polar surface area (TPSA) is 49.8 Å². The van der Waals surface area contributed by atoms with Gasteiger partial charge in [-0.25, -0.2) is 4.79 Å². The van der Waals surface area contributed by atoms with Crippen LogP contribution in [0.25, 0.3) is 0 Å². The molecule has 0 aromatic heterocycles. The molecule has 5 rings (SSSR count). The summed E-state index contributed by atoms with van der Waals surface area (Å²) < 4.78 is 5.66. The number of fused-ring (bicyclic) bond motifs is 1.